The number of nitrogens with zero attached hydrogens (tertiary/aromatic N) is 2. The number of amides is 2. The zero-order valence-electron chi connectivity index (χ0n) is 18.6. The smallest absolute Gasteiger partial charge is 0.313 e. The molecule has 0 saturated heterocycles. The van der Waals surface area contributed by atoms with Gasteiger partial charge in [0.05, 0.1) is 6.04 Å². The molecule has 6 nitrogen and oxygen atoms in total. The predicted octanol–water partition coefficient (Wildman–Crippen LogP) is 3.04. The van der Waals surface area contributed by atoms with Gasteiger partial charge in [0.1, 0.15) is 0 Å². The van der Waals surface area contributed by atoms with E-state index in [0.717, 1.165) is 36.1 Å². The van der Waals surface area contributed by atoms with E-state index in [1.54, 1.807) is 0 Å². The minimum Gasteiger partial charge on any atom is -0.374 e. The normalized spacial score (nSPS) is 14.3. The van der Waals surface area contributed by atoms with Crippen molar-refractivity contribution in [2.75, 3.05) is 44.4 Å². The van der Waals surface area contributed by atoms with Gasteiger partial charge in [-0.3, -0.25) is 9.59 Å². The van der Waals surface area contributed by atoms with E-state index >= 15 is 0 Å². The van der Waals surface area contributed by atoms with Crippen molar-refractivity contribution in [1.82, 2.24) is 10.2 Å². The average molecular weight is 409 g/mol. The highest BCUT2D eigenvalue weighted by atomic mass is 16.2. The fourth-order valence-corrected chi connectivity index (χ4v) is 4.01. The summed E-state index contributed by atoms with van der Waals surface area (Å²) in [5.41, 5.74) is 6.46. The number of aryl methyl sites for hydroxylation is 3. The number of likely N-dealkylation sites (N-methyl/N-ethyl adjacent to an activating group) is 1. The van der Waals surface area contributed by atoms with Gasteiger partial charge in [0.25, 0.3) is 0 Å². The second kappa shape index (κ2) is 9.30. The summed E-state index contributed by atoms with van der Waals surface area (Å²) in [5.74, 6) is -1.27. The molecule has 0 spiro atoms. The quantitative estimate of drug-likeness (QED) is 0.747. The van der Waals surface area contributed by atoms with E-state index in [-0.39, 0.29) is 6.04 Å². The molecule has 1 unspecified atom stereocenters. The van der Waals surface area contributed by atoms with Gasteiger partial charge in [-0.05, 0) is 69.6 Å². The summed E-state index contributed by atoms with van der Waals surface area (Å²) in [6.45, 7) is 5.34. The summed E-state index contributed by atoms with van der Waals surface area (Å²) in [6.07, 6.45) is 2.22. The predicted molar refractivity (Wildman–Crippen MR) is 122 cm³/mol. The van der Waals surface area contributed by atoms with Crippen LogP contribution in [0.5, 0.6) is 0 Å². The summed E-state index contributed by atoms with van der Waals surface area (Å²) in [7, 11) is 6.09. The number of hydrogen-bond acceptors (Lipinski definition) is 4. The van der Waals surface area contributed by atoms with Gasteiger partial charge < -0.3 is 20.4 Å². The van der Waals surface area contributed by atoms with Gasteiger partial charge in [-0.15, -0.1) is 0 Å². The Balaban J connectivity index is 1.66. The molecule has 2 amide bonds. The molecule has 0 bridgehead atoms. The Morgan fingerprint density at radius 1 is 1.10 bits per heavy atom. The monoisotopic (exact) mass is 408 g/mol. The van der Waals surface area contributed by atoms with Crippen LogP contribution in [0, 0.1) is 13.8 Å². The van der Waals surface area contributed by atoms with E-state index < -0.39 is 11.8 Å². The van der Waals surface area contributed by atoms with Gasteiger partial charge in [0, 0.05) is 31.5 Å². The molecule has 0 aromatic heterocycles. The third-order valence-electron chi connectivity index (χ3n) is 5.75. The van der Waals surface area contributed by atoms with Crippen LogP contribution >= 0.6 is 0 Å². The van der Waals surface area contributed by atoms with Crippen LogP contribution in [0.3, 0.4) is 0 Å². The van der Waals surface area contributed by atoms with Crippen LogP contribution in [-0.2, 0) is 16.0 Å². The molecule has 2 aromatic carbocycles. The van der Waals surface area contributed by atoms with Crippen LogP contribution in [0.15, 0.2) is 36.4 Å². The van der Waals surface area contributed by atoms with Crippen LogP contribution in [0.4, 0.5) is 11.4 Å². The Bertz CT molecular complexity index is 939. The number of carbonyl (C=O) groups is 2. The molecule has 6 heteroatoms. The van der Waals surface area contributed by atoms with Gasteiger partial charge in [0.15, 0.2) is 0 Å². The molecule has 2 N–H and O–H groups in total. The minimum absolute atomic E-state index is 0.0135. The molecule has 1 aliphatic heterocycles. The number of anilines is 2. The Morgan fingerprint density at radius 3 is 2.57 bits per heavy atom. The van der Waals surface area contributed by atoms with Crippen LogP contribution < -0.4 is 15.5 Å². The highest BCUT2D eigenvalue weighted by Gasteiger charge is 2.21. The lowest BCUT2D eigenvalue weighted by Gasteiger charge is -2.30. The average Bonchev–Trinajstić information content (AvgIpc) is 2.70. The Kier molecular flexibility index (Phi) is 6.77. The summed E-state index contributed by atoms with van der Waals surface area (Å²) in [4.78, 5) is 29.1. The first-order chi connectivity index (χ1) is 14.3. The van der Waals surface area contributed by atoms with Gasteiger partial charge in [-0.2, -0.15) is 0 Å². The van der Waals surface area contributed by atoms with E-state index in [4.69, 9.17) is 0 Å². The van der Waals surface area contributed by atoms with Crippen molar-refractivity contribution in [1.29, 1.82) is 0 Å². The molecule has 2 aromatic rings. The first-order valence-corrected chi connectivity index (χ1v) is 10.4. The number of rotatable bonds is 5. The molecule has 30 heavy (non-hydrogen) atoms. The SMILES string of the molecule is Cc1ccc(NC(=O)C(=O)NCC(c2ccc3c(c2)CCCN3C)N(C)C)c(C)c1. The molecule has 1 aliphatic rings. The van der Waals surface area contributed by atoms with Crippen molar-refractivity contribution in [3.63, 3.8) is 0 Å². The zero-order chi connectivity index (χ0) is 21.8. The minimum atomic E-state index is -0.647. The number of hydrogen-bond donors (Lipinski definition) is 2. The Hall–Kier alpha value is -2.86. The third kappa shape index (κ3) is 5.00. The van der Waals surface area contributed by atoms with E-state index in [1.807, 2.05) is 46.1 Å². The zero-order valence-corrected chi connectivity index (χ0v) is 18.6. The fourth-order valence-electron chi connectivity index (χ4n) is 4.01. The van der Waals surface area contributed by atoms with Crippen molar-refractivity contribution in [2.24, 2.45) is 0 Å². The van der Waals surface area contributed by atoms with E-state index in [9.17, 15) is 9.59 Å². The highest BCUT2D eigenvalue weighted by Crippen LogP contribution is 2.29. The maximum Gasteiger partial charge on any atom is 0.313 e. The second-order valence-electron chi connectivity index (χ2n) is 8.38. The van der Waals surface area contributed by atoms with Gasteiger partial charge >= 0.3 is 11.8 Å². The standard InChI is InChI=1S/C24H32N4O2/c1-16-8-10-20(17(2)13-16)26-24(30)23(29)25-15-22(27(3)4)19-9-11-21-18(14-19)7-6-12-28(21)5/h8-11,13-14,22H,6-7,12,15H2,1-5H3,(H,25,29)(H,26,30). The lowest BCUT2D eigenvalue weighted by molar-refractivity contribution is -0.136. The molecule has 0 aliphatic carbocycles. The molecule has 1 atom stereocenters. The largest absolute Gasteiger partial charge is 0.374 e. The van der Waals surface area contributed by atoms with E-state index in [1.165, 1.54) is 11.3 Å². The van der Waals surface area contributed by atoms with Crippen molar-refractivity contribution >= 4 is 23.2 Å². The second-order valence-corrected chi connectivity index (χ2v) is 8.38. The van der Waals surface area contributed by atoms with Crippen LogP contribution in [0.25, 0.3) is 0 Å². The number of benzene rings is 2. The van der Waals surface area contributed by atoms with Crippen LogP contribution in [0.1, 0.15) is 34.7 Å². The molecule has 160 valence electrons. The number of fused-ring (bicyclic) bond motifs is 1. The van der Waals surface area contributed by atoms with Crippen LogP contribution in [0.2, 0.25) is 0 Å². The van der Waals surface area contributed by atoms with Gasteiger partial charge in [-0.25, -0.2) is 0 Å². The van der Waals surface area contributed by atoms with Gasteiger partial charge in [-0.1, -0.05) is 29.8 Å². The molecule has 3 rings (SSSR count). The van der Waals surface area contributed by atoms with Crippen LogP contribution in [-0.4, -0.2) is 50.9 Å². The third-order valence-corrected chi connectivity index (χ3v) is 5.75. The van der Waals surface area contributed by atoms with Gasteiger partial charge in [0.2, 0.25) is 0 Å². The molecular formula is C24H32N4O2. The van der Waals surface area contributed by atoms with Crippen molar-refractivity contribution < 1.29 is 9.59 Å². The fraction of sp³-hybridized carbons (Fsp3) is 0.417. The first kappa shape index (κ1) is 21.8. The molecular weight excluding hydrogens is 376 g/mol. The van der Waals surface area contributed by atoms with Crippen molar-refractivity contribution in [3.05, 3.63) is 58.7 Å². The Labute approximate surface area is 179 Å². The highest BCUT2D eigenvalue weighted by molar-refractivity contribution is 6.39. The summed E-state index contributed by atoms with van der Waals surface area (Å²) in [6, 6.07) is 12.2. The van der Waals surface area contributed by atoms with Crippen molar-refractivity contribution in [2.45, 2.75) is 32.7 Å². The molecule has 0 radical (unpaired) electrons. The van der Waals surface area contributed by atoms with E-state index in [2.05, 4.69) is 45.7 Å². The first-order valence-electron chi connectivity index (χ1n) is 10.4. The molecule has 0 fully saturated rings. The topological polar surface area (TPSA) is 64.7 Å². The number of nitrogens with one attached hydrogen (secondary N) is 2. The summed E-state index contributed by atoms with van der Waals surface area (Å²) in [5, 5.41) is 5.50. The summed E-state index contributed by atoms with van der Waals surface area (Å²) >= 11 is 0. The summed E-state index contributed by atoms with van der Waals surface area (Å²) < 4.78 is 0. The number of carbonyl (C=O) groups excluding carboxylic acids is 2. The maximum absolute atomic E-state index is 12.4. The Morgan fingerprint density at radius 2 is 1.87 bits per heavy atom. The lowest BCUT2D eigenvalue weighted by Crippen LogP contribution is -2.40. The van der Waals surface area contributed by atoms with Crippen molar-refractivity contribution in [3.8, 4) is 0 Å². The molecule has 1 heterocycles. The molecule has 0 saturated carbocycles. The maximum atomic E-state index is 12.4. The van der Waals surface area contributed by atoms with E-state index in [0.29, 0.717) is 12.2 Å². The lowest BCUT2D eigenvalue weighted by atomic mass is 9.96.